The second kappa shape index (κ2) is 7.38. The van der Waals surface area contributed by atoms with Gasteiger partial charge >= 0.3 is 0 Å². The molecule has 1 aliphatic rings. The van der Waals surface area contributed by atoms with E-state index in [0.29, 0.717) is 19.1 Å². The number of nitrogen functional groups attached to an aromatic ring is 1. The van der Waals surface area contributed by atoms with Gasteiger partial charge in [-0.3, -0.25) is 15.0 Å². The molecule has 0 amide bonds. The van der Waals surface area contributed by atoms with E-state index in [9.17, 15) is 15.2 Å². The van der Waals surface area contributed by atoms with Gasteiger partial charge in [-0.1, -0.05) is 25.3 Å². The molecule has 0 bridgehead atoms. The summed E-state index contributed by atoms with van der Waals surface area (Å²) in [6.07, 6.45) is 6.06. The largest absolute Gasteiger partial charge is 0.395 e. The maximum absolute atomic E-state index is 10.8. The molecule has 1 aromatic rings. The number of hydrogen-bond donors (Lipinski definition) is 2. The minimum absolute atomic E-state index is 0.0508. The van der Waals surface area contributed by atoms with Gasteiger partial charge in [-0.25, -0.2) is 0 Å². The van der Waals surface area contributed by atoms with Gasteiger partial charge in [0.2, 0.25) is 0 Å². The van der Waals surface area contributed by atoms with Crippen LogP contribution in [0.5, 0.6) is 0 Å². The molecule has 0 atom stereocenters. The van der Waals surface area contributed by atoms with E-state index in [0.717, 1.165) is 18.4 Å². The molecule has 2 rings (SSSR count). The van der Waals surface area contributed by atoms with E-state index < -0.39 is 4.92 Å². The van der Waals surface area contributed by atoms with E-state index in [2.05, 4.69) is 4.90 Å². The summed E-state index contributed by atoms with van der Waals surface area (Å²) >= 11 is 0. The Labute approximate surface area is 124 Å². The van der Waals surface area contributed by atoms with Crippen LogP contribution < -0.4 is 5.73 Å². The van der Waals surface area contributed by atoms with E-state index in [4.69, 9.17) is 5.73 Å². The second-order valence-corrected chi connectivity index (χ2v) is 5.64. The molecule has 6 nitrogen and oxygen atoms in total. The van der Waals surface area contributed by atoms with Crippen molar-refractivity contribution in [3.63, 3.8) is 0 Å². The monoisotopic (exact) mass is 293 g/mol. The van der Waals surface area contributed by atoms with Gasteiger partial charge in [0.15, 0.2) is 0 Å². The predicted molar refractivity (Wildman–Crippen MR) is 81.9 cm³/mol. The Hall–Kier alpha value is -1.66. The minimum atomic E-state index is -0.467. The summed E-state index contributed by atoms with van der Waals surface area (Å²) in [5.74, 6) is 0. The van der Waals surface area contributed by atoms with Crippen LogP contribution in [0, 0.1) is 10.1 Å². The van der Waals surface area contributed by atoms with Crippen LogP contribution in [0.2, 0.25) is 0 Å². The summed E-state index contributed by atoms with van der Waals surface area (Å²) in [7, 11) is 0. The first-order valence-corrected chi connectivity index (χ1v) is 7.49. The van der Waals surface area contributed by atoms with Gasteiger partial charge in [0.05, 0.1) is 11.5 Å². The number of aliphatic hydroxyl groups excluding tert-OH is 1. The summed E-state index contributed by atoms with van der Waals surface area (Å²) in [6, 6.07) is 5.37. The van der Waals surface area contributed by atoms with E-state index in [1.807, 2.05) is 0 Å². The van der Waals surface area contributed by atoms with Gasteiger partial charge in [-0.05, 0) is 24.5 Å². The lowest BCUT2D eigenvalue weighted by atomic mass is 9.94. The van der Waals surface area contributed by atoms with Crippen LogP contribution >= 0.6 is 0 Å². The third-order valence-corrected chi connectivity index (χ3v) is 4.15. The lowest BCUT2D eigenvalue weighted by Crippen LogP contribution is -2.38. The lowest BCUT2D eigenvalue weighted by Gasteiger charge is -2.34. The van der Waals surface area contributed by atoms with Crippen molar-refractivity contribution >= 4 is 11.4 Å². The lowest BCUT2D eigenvalue weighted by molar-refractivity contribution is -0.383. The Morgan fingerprint density at radius 3 is 2.62 bits per heavy atom. The normalized spacial score (nSPS) is 16.3. The number of aliphatic hydroxyl groups is 1. The first-order valence-electron chi connectivity index (χ1n) is 7.49. The van der Waals surface area contributed by atoms with Gasteiger partial charge in [-0.15, -0.1) is 0 Å². The maximum atomic E-state index is 10.8. The fraction of sp³-hybridized carbons (Fsp3) is 0.600. The zero-order chi connectivity index (χ0) is 15.2. The molecule has 1 fully saturated rings. The molecule has 0 spiro atoms. The Morgan fingerprint density at radius 2 is 2.05 bits per heavy atom. The SMILES string of the molecule is Nc1cc(CN(CCO)C2CCCCC2)ccc1[N+](=O)[O-]. The highest BCUT2D eigenvalue weighted by atomic mass is 16.6. The Morgan fingerprint density at radius 1 is 1.33 bits per heavy atom. The van der Waals surface area contributed by atoms with Crippen LogP contribution in [0.1, 0.15) is 37.7 Å². The zero-order valence-corrected chi connectivity index (χ0v) is 12.2. The molecule has 0 radical (unpaired) electrons. The summed E-state index contributed by atoms with van der Waals surface area (Å²) in [4.78, 5) is 12.6. The minimum Gasteiger partial charge on any atom is -0.395 e. The Kier molecular flexibility index (Phi) is 5.52. The summed E-state index contributed by atoms with van der Waals surface area (Å²) in [6.45, 7) is 1.42. The number of nitrogens with zero attached hydrogens (tertiary/aromatic N) is 2. The molecule has 1 aliphatic carbocycles. The quantitative estimate of drug-likeness (QED) is 0.477. The molecule has 21 heavy (non-hydrogen) atoms. The summed E-state index contributed by atoms with van der Waals surface area (Å²) < 4.78 is 0. The number of nitro groups is 1. The molecular weight excluding hydrogens is 270 g/mol. The first-order chi connectivity index (χ1) is 10.1. The molecular formula is C15H23N3O3. The van der Waals surface area contributed by atoms with Crippen molar-refractivity contribution in [3.8, 4) is 0 Å². The Balaban J connectivity index is 2.09. The van der Waals surface area contributed by atoms with Gasteiger partial charge in [-0.2, -0.15) is 0 Å². The van der Waals surface area contributed by atoms with E-state index in [1.54, 1.807) is 12.1 Å². The van der Waals surface area contributed by atoms with Gasteiger partial charge in [0.25, 0.3) is 5.69 Å². The highest BCUT2D eigenvalue weighted by molar-refractivity contribution is 5.59. The van der Waals surface area contributed by atoms with Crippen LogP contribution in [0.3, 0.4) is 0 Å². The van der Waals surface area contributed by atoms with Crippen molar-refractivity contribution in [1.29, 1.82) is 0 Å². The highest BCUT2D eigenvalue weighted by Gasteiger charge is 2.21. The standard InChI is InChI=1S/C15H23N3O3/c16-14-10-12(6-7-15(14)18(20)21)11-17(8-9-19)13-4-2-1-3-5-13/h6-7,10,13,19H,1-5,8-9,11,16H2. The summed E-state index contributed by atoms with van der Waals surface area (Å²) in [5.41, 5.74) is 6.84. The molecule has 0 aliphatic heterocycles. The fourth-order valence-electron chi connectivity index (χ4n) is 3.07. The molecule has 116 valence electrons. The molecule has 0 aromatic heterocycles. The number of hydrogen-bond acceptors (Lipinski definition) is 5. The average Bonchev–Trinajstić information content (AvgIpc) is 2.47. The third kappa shape index (κ3) is 4.15. The van der Waals surface area contributed by atoms with Crippen LogP contribution in [-0.4, -0.2) is 34.1 Å². The van der Waals surface area contributed by atoms with Crippen molar-refractivity contribution < 1.29 is 10.0 Å². The van der Waals surface area contributed by atoms with Crippen LogP contribution in [0.25, 0.3) is 0 Å². The van der Waals surface area contributed by atoms with Crippen molar-refractivity contribution in [1.82, 2.24) is 4.90 Å². The predicted octanol–water partition coefficient (Wildman–Crippen LogP) is 2.30. The first kappa shape index (κ1) is 15.7. The van der Waals surface area contributed by atoms with Gasteiger partial charge in [0, 0.05) is 25.2 Å². The van der Waals surface area contributed by atoms with E-state index in [-0.39, 0.29) is 18.0 Å². The molecule has 6 heteroatoms. The molecule has 1 saturated carbocycles. The second-order valence-electron chi connectivity index (χ2n) is 5.64. The number of rotatable bonds is 6. The van der Waals surface area contributed by atoms with Crippen LogP contribution in [0.4, 0.5) is 11.4 Å². The molecule has 0 saturated heterocycles. The molecule has 0 heterocycles. The zero-order valence-electron chi connectivity index (χ0n) is 12.2. The van der Waals surface area contributed by atoms with Gasteiger partial charge < -0.3 is 10.8 Å². The number of anilines is 1. The maximum Gasteiger partial charge on any atom is 0.292 e. The summed E-state index contributed by atoms with van der Waals surface area (Å²) in [5, 5.41) is 20.0. The van der Waals surface area contributed by atoms with Crippen molar-refractivity contribution in [2.45, 2.75) is 44.7 Å². The number of nitrogens with two attached hydrogens (primary N) is 1. The molecule has 0 unspecified atom stereocenters. The van der Waals surface area contributed by atoms with Gasteiger partial charge in [0.1, 0.15) is 5.69 Å². The molecule has 3 N–H and O–H groups in total. The smallest absolute Gasteiger partial charge is 0.292 e. The number of benzene rings is 1. The van der Waals surface area contributed by atoms with Crippen molar-refractivity contribution in [2.24, 2.45) is 0 Å². The molecule has 1 aromatic carbocycles. The number of nitro benzene ring substituents is 1. The topological polar surface area (TPSA) is 92.6 Å². The van der Waals surface area contributed by atoms with Crippen molar-refractivity contribution in [3.05, 3.63) is 33.9 Å². The van der Waals surface area contributed by atoms with Crippen molar-refractivity contribution in [2.75, 3.05) is 18.9 Å². The van der Waals surface area contributed by atoms with Crippen LogP contribution in [-0.2, 0) is 6.54 Å². The average molecular weight is 293 g/mol. The van der Waals surface area contributed by atoms with Crippen LogP contribution in [0.15, 0.2) is 18.2 Å². The van der Waals surface area contributed by atoms with E-state index >= 15 is 0 Å². The highest BCUT2D eigenvalue weighted by Crippen LogP contribution is 2.26. The Bertz CT molecular complexity index is 487. The van der Waals surface area contributed by atoms with E-state index in [1.165, 1.54) is 25.3 Å². The third-order valence-electron chi connectivity index (χ3n) is 4.15. The fourth-order valence-corrected chi connectivity index (χ4v) is 3.07.